The minimum atomic E-state index is -0.667. The van der Waals surface area contributed by atoms with Gasteiger partial charge < -0.3 is 4.74 Å². The molecule has 3 aromatic rings. The first-order valence-corrected chi connectivity index (χ1v) is 7.00. The standard InChI is InChI=1S/C18H13N3O2/c1-23-18(22)17(20-21-19)11-13-10-12-6-2-3-7-14(12)16-9-5-4-8-15(13)16/h2-11H,1H3/b17-11-. The molecular weight excluding hydrogens is 290 g/mol. The number of rotatable bonds is 3. The molecule has 0 aliphatic carbocycles. The molecule has 0 aliphatic rings. The van der Waals surface area contributed by atoms with Crippen LogP contribution in [0, 0.1) is 0 Å². The van der Waals surface area contributed by atoms with E-state index in [0.29, 0.717) is 0 Å². The Balaban J connectivity index is 2.35. The van der Waals surface area contributed by atoms with E-state index in [1.165, 1.54) is 7.11 Å². The molecule has 0 aliphatic heterocycles. The predicted molar refractivity (Wildman–Crippen MR) is 90.6 cm³/mol. The second kappa shape index (κ2) is 6.22. The van der Waals surface area contributed by atoms with Crippen LogP contribution in [0.3, 0.4) is 0 Å². The summed E-state index contributed by atoms with van der Waals surface area (Å²) in [7, 11) is 1.25. The summed E-state index contributed by atoms with van der Waals surface area (Å²) in [6.07, 6.45) is 1.56. The van der Waals surface area contributed by atoms with Crippen LogP contribution in [0.5, 0.6) is 0 Å². The Labute approximate surface area is 132 Å². The molecule has 0 fully saturated rings. The number of azide groups is 1. The van der Waals surface area contributed by atoms with E-state index < -0.39 is 5.97 Å². The number of hydrogen-bond donors (Lipinski definition) is 0. The number of hydrogen-bond acceptors (Lipinski definition) is 3. The average molecular weight is 303 g/mol. The number of benzene rings is 3. The lowest BCUT2D eigenvalue weighted by molar-refractivity contribution is -0.136. The Morgan fingerprint density at radius 3 is 2.43 bits per heavy atom. The van der Waals surface area contributed by atoms with Crippen LogP contribution >= 0.6 is 0 Å². The highest BCUT2D eigenvalue weighted by atomic mass is 16.5. The van der Waals surface area contributed by atoms with Crippen LogP contribution in [0.4, 0.5) is 0 Å². The van der Waals surface area contributed by atoms with Crippen molar-refractivity contribution in [1.82, 2.24) is 0 Å². The predicted octanol–water partition coefficient (Wildman–Crippen LogP) is 4.82. The SMILES string of the molecule is COC(=O)/C(=C/c1cc2ccccc2c2ccccc12)N=[N+]=[N-]. The van der Waals surface area contributed by atoms with Crippen LogP contribution in [0.1, 0.15) is 5.56 Å². The molecule has 0 aromatic heterocycles. The molecule has 0 bridgehead atoms. The van der Waals surface area contributed by atoms with Crippen LogP contribution in [0.2, 0.25) is 0 Å². The maximum atomic E-state index is 11.8. The maximum Gasteiger partial charge on any atom is 0.340 e. The number of ether oxygens (including phenoxy) is 1. The molecule has 3 aromatic carbocycles. The summed E-state index contributed by atoms with van der Waals surface area (Å²) in [4.78, 5) is 14.5. The van der Waals surface area contributed by atoms with Crippen molar-refractivity contribution >= 4 is 33.6 Å². The Bertz CT molecular complexity index is 986. The van der Waals surface area contributed by atoms with E-state index in [0.717, 1.165) is 27.1 Å². The summed E-state index contributed by atoms with van der Waals surface area (Å²) in [5, 5.41) is 7.66. The average Bonchev–Trinajstić information content (AvgIpc) is 2.60. The van der Waals surface area contributed by atoms with Crippen molar-refractivity contribution in [2.24, 2.45) is 5.11 Å². The van der Waals surface area contributed by atoms with Crippen LogP contribution in [-0.2, 0) is 9.53 Å². The zero-order chi connectivity index (χ0) is 16.2. The zero-order valence-electron chi connectivity index (χ0n) is 12.4. The normalized spacial score (nSPS) is 11.3. The summed E-state index contributed by atoms with van der Waals surface area (Å²) in [6.45, 7) is 0. The van der Waals surface area contributed by atoms with Gasteiger partial charge in [0.25, 0.3) is 0 Å². The third kappa shape index (κ3) is 2.73. The van der Waals surface area contributed by atoms with E-state index in [-0.39, 0.29) is 5.70 Å². The molecule has 0 atom stereocenters. The van der Waals surface area contributed by atoms with Crippen molar-refractivity contribution in [1.29, 1.82) is 0 Å². The first kappa shape index (κ1) is 14.6. The molecule has 5 nitrogen and oxygen atoms in total. The smallest absolute Gasteiger partial charge is 0.340 e. The monoisotopic (exact) mass is 303 g/mol. The van der Waals surface area contributed by atoms with Gasteiger partial charge in [0.15, 0.2) is 0 Å². The molecule has 5 heteroatoms. The van der Waals surface area contributed by atoms with Crippen LogP contribution < -0.4 is 0 Å². The van der Waals surface area contributed by atoms with Crippen molar-refractivity contribution in [2.45, 2.75) is 0 Å². The van der Waals surface area contributed by atoms with Gasteiger partial charge in [-0.25, -0.2) is 4.79 Å². The molecule has 3 rings (SSSR count). The number of carbonyl (C=O) groups is 1. The van der Waals surface area contributed by atoms with Crippen molar-refractivity contribution < 1.29 is 9.53 Å². The minimum Gasteiger partial charge on any atom is -0.466 e. The van der Waals surface area contributed by atoms with Crippen LogP contribution in [0.15, 0.2) is 65.4 Å². The quantitative estimate of drug-likeness (QED) is 0.174. The van der Waals surface area contributed by atoms with Gasteiger partial charge in [-0.1, -0.05) is 53.6 Å². The van der Waals surface area contributed by atoms with Gasteiger partial charge in [0, 0.05) is 4.91 Å². The van der Waals surface area contributed by atoms with E-state index in [1.807, 2.05) is 48.5 Å². The molecule has 0 saturated carbocycles. The Morgan fingerprint density at radius 2 is 1.74 bits per heavy atom. The van der Waals surface area contributed by atoms with Gasteiger partial charge >= 0.3 is 5.97 Å². The van der Waals surface area contributed by atoms with E-state index in [1.54, 1.807) is 6.08 Å². The first-order valence-electron chi connectivity index (χ1n) is 7.00. The molecular formula is C18H13N3O2. The van der Waals surface area contributed by atoms with Gasteiger partial charge in [0.1, 0.15) is 5.70 Å². The maximum absolute atomic E-state index is 11.8. The largest absolute Gasteiger partial charge is 0.466 e. The highest BCUT2D eigenvalue weighted by molar-refractivity contribution is 6.11. The van der Waals surface area contributed by atoms with Crippen molar-refractivity contribution in [3.8, 4) is 0 Å². The minimum absolute atomic E-state index is 0.0737. The third-order valence-electron chi connectivity index (χ3n) is 3.64. The molecule has 0 amide bonds. The summed E-state index contributed by atoms with van der Waals surface area (Å²) in [6, 6.07) is 17.9. The van der Waals surface area contributed by atoms with E-state index in [2.05, 4.69) is 20.8 Å². The lowest BCUT2D eigenvalue weighted by Crippen LogP contribution is -2.02. The number of carbonyl (C=O) groups excluding carboxylic acids is 1. The molecule has 0 radical (unpaired) electrons. The molecule has 0 N–H and O–H groups in total. The Kier molecular flexibility index (Phi) is 3.95. The molecule has 0 unspecified atom stereocenters. The fraction of sp³-hybridized carbons (Fsp3) is 0.0556. The molecule has 0 heterocycles. The van der Waals surface area contributed by atoms with Gasteiger partial charge in [-0.15, -0.1) is 0 Å². The van der Waals surface area contributed by atoms with Gasteiger partial charge in [0.05, 0.1) is 7.11 Å². The highest BCUT2D eigenvalue weighted by Gasteiger charge is 2.10. The van der Waals surface area contributed by atoms with Crippen LogP contribution in [0.25, 0.3) is 38.1 Å². The second-order valence-corrected chi connectivity index (χ2v) is 4.94. The van der Waals surface area contributed by atoms with Gasteiger partial charge in [-0.05, 0) is 44.8 Å². The zero-order valence-corrected chi connectivity index (χ0v) is 12.4. The van der Waals surface area contributed by atoms with Gasteiger partial charge in [-0.3, -0.25) is 0 Å². The number of esters is 1. The lowest BCUT2D eigenvalue weighted by atomic mass is 9.97. The van der Waals surface area contributed by atoms with E-state index >= 15 is 0 Å². The van der Waals surface area contributed by atoms with Gasteiger partial charge in [-0.2, -0.15) is 0 Å². The summed E-state index contributed by atoms with van der Waals surface area (Å²) in [5.41, 5.74) is 9.38. The first-order chi connectivity index (χ1) is 11.2. The number of methoxy groups -OCH3 is 1. The second-order valence-electron chi connectivity index (χ2n) is 4.94. The fourth-order valence-corrected chi connectivity index (χ4v) is 2.63. The van der Waals surface area contributed by atoms with Crippen molar-refractivity contribution in [2.75, 3.05) is 7.11 Å². The fourth-order valence-electron chi connectivity index (χ4n) is 2.63. The molecule has 0 spiro atoms. The summed E-state index contributed by atoms with van der Waals surface area (Å²) in [5.74, 6) is -0.667. The Morgan fingerprint density at radius 1 is 1.09 bits per heavy atom. The third-order valence-corrected chi connectivity index (χ3v) is 3.64. The highest BCUT2D eigenvalue weighted by Crippen LogP contribution is 2.30. The topological polar surface area (TPSA) is 75.1 Å². The van der Waals surface area contributed by atoms with Crippen molar-refractivity contribution in [3.05, 3.63) is 76.3 Å². The van der Waals surface area contributed by atoms with Crippen molar-refractivity contribution in [3.63, 3.8) is 0 Å². The van der Waals surface area contributed by atoms with Crippen LogP contribution in [-0.4, -0.2) is 13.1 Å². The Hall–Kier alpha value is -3.30. The van der Waals surface area contributed by atoms with E-state index in [9.17, 15) is 4.79 Å². The van der Waals surface area contributed by atoms with E-state index in [4.69, 9.17) is 5.53 Å². The molecule has 112 valence electrons. The van der Waals surface area contributed by atoms with Gasteiger partial charge in [0.2, 0.25) is 0 Å². The number of nitrogens with zero attached hydrogens (tertiary/aromatic N) is 3. The molecule has 23 heavy (non-hydrogen) atoms. The number of fused-ring (bicyclic) bond motifs is 3. The summed E-state index contributed by atoms with van der Waals surface area (Å²) >= 11 is 0. The summed E-state index contributed by atoms with van der Waals surface area (Å²) < 4.78 is 4.66. The lowest BCUT2D eigenvalue weighted by Gasteiger charge is -2.08. The molecule has 0 saturated heterocycles.